The quantitative estimate of drug-likeness (QED) is 0.732. The van der Waals surface area contributed by atoms with Crippen LogP contribution >= 0.6 is 23.1 Å². The van der Waals surface area contributed by atoms with Crippen molar-refractivity contribution in [3.8, 4) is 0 Å². The number of hydrogen-bond acceptors (Lipinski definition) is 4. The molecule has 2 aromatic heterocycles. The van der Waals surface area contributed by atoms with E-state index in [1.807, 2.05) is 13.8 Å². The Morgan fingerprint density at radius 2 is 2.00 bits per heavy atom. The Kier molecular flexibility index (Phi) is 4.60. The van der Waals surface area contributed by atoms with Gasteiger partial charge in [0.05, 0.1) is 10.6 Å². The summed E-state index contributed by atoms with van der Waals surface area (Å²) in [6, 6.07) is 8.41. The van der Waals surface area contributed by atoms with Crippen LogP contribution in [0.1, 0.15) is 39.6 Å². The second-order valence-electron chi connectivity index (χ2n) is 5.79. The van der Waals surface area contributed by atoms with Gasteiger partial charge in [0.2, 0.25) is 0 Å². The fourth-order valence-corrected chi connectivity index (χ4v) is 4.59. The summed E-state index contributed by atoms with van der Waals surface area (Å²) in [6.45, 7) is 8.25. The lowest BCUT2D eigenvalue weighted by Crippen LogP contribution is -2.12. The Hall–Kier alpha value is -1.59. The van der Waals surface area contributed by atoms with Gasteiger partial charge in [-0.1, -0.05) is 24.3 Å². The molecule has 0 aliphatic carbocycles. The highest BCUT2D eigenvalue weighted by Crippen LogP contribution is 2.32. The molecular formula is C18H20N2OS2. The third-order valence-corrected chi connectivity index (χ3v) is 6.49. The predicted molar refractivity (Wildman–Crippen MR) is 101 cm³/mol. The van der Waals surface area contributed by atoms with Gasteiger partial charge < -0.3 is 4.98 Å². The minimum Gasteiger partial charge on any atom is -0.309 e. The summed E-state index contributed by atoms with van der Waals surface area (Å²) in [5.41, 5.74) is 3.66. The Balaban J connectivity index is 1.85. The van der Waals surface area contributed by atoms with Crippen molar-refractivity contribution in [2.75, 3.05) is 0 Å². The number of nitrogens with one attached hydrogen (secondary N) is 1. The number of nitrogens with zero attached hydrogens (tertiary/aromatic N) is 1. The summed E-state index contributed by atoms with van der Waals surface area (Å²) in [7, 11) is 0. The highest BCUT2D eigenvalue weighted by Gasteiger charge is 2.15. The lowest BCUT2D eigenvalue weighted by atomic mass is 10.1. The molecule has 1 atom stereocenters. The van der Waals surface area contributed by atoms with Gasteiger partial charge in [0.15, 0.2) is 0 Å². The molecule has 0 aliphatic rings. The summed E-state index contributed by atoms with van der Waals surface area (Å²) in [6.07, 6.45) is 0. The van der Waals surface area contributed by atoms with Crippen LogP contribution < -0.4 is 5.56 Å². The fourth-order valence-electron chi connectivity index (χ4n) is 2.53. The molecule has 0 saturated carbocycles. The molecule has 1 N–H and O–H groups in total. The largest absolute Gasteiger partial charge is 0.309 e. The number of hydrogen-bond donors (Lipinski definition) is 1. The van der Waals surface area contributed by atoms with Crippen molar-refractivity contribution in [2.45, 2.75) is 38.7 Å². The summed E-state index contributed by atoms with van der Waals surface area (Å²) >= 11 is 3.40. The Morgan fingerprint density at radius 3 is 2.74 bits per heavy atom. The SMILES string of the molecule is Cc1ccccc1CS[C@@H](C)c1nc2sc(C)c(C)c2c(=O)[nH]1. The Labute approximate surface area is 144 Å². The van der Waals surface area contributed by atoms with Gasteiger partial charge in [-0.2, -0.15) is 0 Å². The lowest BCUT2D eigenvalue weighted by Gasteiger charge is -2.12. The molecule has 0 spiro atoms. The second kappa shape index (κ2) is 6.49. The molecule has 2 heterocycles. The number of benzene rings is 1. The molecule has 0 fully saturated rings. The molecule has 120 valence electrons. The Morgan fingerprint density at radius 1 is 1.26 bits per heavy atom. The third kappa shape index (κ3) is 3.21. The molecule has 3 nitrogen and oxygen atoms in total. The van der Waals surface area contributed by atoms with Gasteiger partial charge in [0, 0.05) is 10.6 Å². The molecule has 3 aromatic rings. The average molecular weight is 345 g/mol. The number of aromatic amines is 1. The zero-order chi connectivity index (χ0) is 16.6. The molecule has 0 aliphatic heterocycles. The van der Waals surface area contributed by atoms with Gasteiger partial charge in [-0.05, 0) is 44.4 Å². The minimum absolute atomic E-state index is 0.0183. The summed E-state index contributed by atoms with van der Waals surface area (Å²) < 4.78 is 0. The third-order valence-electron chi connectivity index (χ3n) is 4.19. The van der Waals surface area contributed by atoms with Crippen molar-refractivity contribution in [1.29, 1.82) is 0 Å². The summed E-state index contributed by atoms with van der Waals surface area (Å²) in [5, 5.41) is 0.891. The van der Waals surface area contributed by atoms with Crippen LogP contribution in [0.4, 0.5) is 0 Å². The van der Waals surface area contributed by atoms with Crippen LogP contribution in [0.2, 0.25) is 0 Å². The topological polar surface area (TPSA) is 45.8 Å². The number of fused-ring (bicyclic) bond motifs is 1. The second-order valence-corrected chi connectivity index (χ2v) is 8.33. The van der Waals surface area contributed by atoms with E-state index in [0.717, 1.165) is 32.2 Å². The fraction of sp³-hybridized carbons (Fsp3) is 0.333. The first-order valence-electron chi connectivity index (χ1n) is 7.63. The number of H-pyrrole nitrogens is 1. The smallest absolute Gasteiger partial charge is 0.259 e. The average Bonchev–Trinajstić information content (AvgIpc) is 2.81. The zero-order valence-corrected chi connectivity index (χ0v) is 15.4. The zero-order valence-electron chi connectivity index (χ0n) is 13.8. The molecule has 3 rings (SSSR count). The highest BCUT2D eigenvalue weighted by molar-refractivity contribution is 7.98. The van der Waals surface area contributed by atoms with E-state index in [2.05, 4.69) is 43.1 Å². The van der Waals surface area contributed by atoms with Gasteiger partial charge in [-0.3, -0.25) is 4.79 Å². The summed E-state index contributed by atoms with van der Waals surface area (Å²) in [4.78, 5) is 22.0. The van der Waals surface area contributed by atoms with Gasteiger partial charge in [0.25, 0.3) is 5.56 Å². The highest BCUT2D eigenvalue weighted by atomic mass is 32.2. The normalized spacial score (nSPS) is 12.7. The van der Waals surface area contributed by atoms with Gasteiger partial charge in [-0.15, -0.1) is 23.1 Å². The van der Waals surface area contributed by atoms with E-state index in [0.29, 0.717) is 0 Å². The first-order valence-corrected chi connectivity index (χ1v) is 9.50. The van der Waals surface area contributed by atoms with Gasteiger partial charge in [-0.25, -0.2) is 4.98 Å². The van der Waals surface area contributed by atoms with E-state index in [-0.39, 0.29) is 10.8 Å². The predicted octanol–water partition coefficient (Wildman–Crippen LogP) is 4.90. The van der Waals surface area contributed by atoms with Crippen molar-refractivity contribution in [2.24, 2.45) is 0 Å². The van der Waals surface area contributed by atoms with Crippen LogP contribution in [0.3, 0.4) is 0 Å². The van der Waals surface area contributed by atoms with E-state index in [1.165, 1.54) is 11.1 Å². The van der Waals surface area contributed by atoms with Crippen molar-refractivity contribution >= 4 is 33.3 Å². The molecular weight excluding hydrogens is 324 g/mol. The van der Waals surface area contributed by atoms with Crippen molar-refractivity contribution in [1.82, 2.24) is 9.97 Å². The molecule has 23 heavy (non-hydrogen) atoms. The molecule has 0 bridgehead atoms. The number of thioether (sulfide) groups is 1. The number of thiophene rings is 1. The molecule has 0 saturated heterocycles. The van der Waals surface area contributed by atoms with Gasteiger partial charge in [0.1, 0.15) is 10.7 Å². The van der Waals surface area contributed by atoms with E-state index >= 15 is 0 Å². The van der Waals surface area contributed by atoms with Crippen LogP contribution in [-0.2, 0) is 5.75 Å². The van der Waals surface area contributed by atoms with E-state index in [4.69, 9.17) is 4.98 Å². The first-order chi connectivity index (χ1) is 11.0. The lowest BCUT2D eigenvalue weighted by molar-refractivity contribution is 0.924. The molecule has 0 unspecified atom stereocenters. The van der Waals surface area contributed by atoms with Crippen molar-refractivity contribution in [3.05, 3.63) is 62.0 Å². The van der Waals surface area contributed by atoms with Crippen LogP contribution in [0.15, 0.2) is 29.1 Å². The maximum atomic E-state index is 12.4. The maximum absolute atomic E-state index is 12.4. The van der Waals surface area contributed by atoms with Crippen LogP contribution in [0.25, 0.3) is 10.2 Å². The first kappa shape index (κ1) is 16.3. The van der Waals surface area contributed by atoms with Crippen LogP contribution in [-0.4, -0.2) is 9.97 Å². The number of rotatable bonds is 4. The molecule has 0 amide bonds. The molecule has 1 aromatic carbocycles. The summed E-state index contributed by atoms with van der Waals surface area (Å²) in [5.74, 6) is 1.68. The van der Waals surface area contributed by atoms with E-state index < -0.39 is 0 Å². The van der Waals surface area contributed by atoms with Crippen molar-refractivity contribution in [3.63, 3.8) is 0 Å². The van der Waals surface area contributed by atoms with Gasteiger partial charge >= 0.3 is 0 Å². The van der Waals surface area contributed by atoms with Crippen molar-refractivity contribution < 1.29 is 0 Å². The monoisotopic (exact) mass is 344 g/mol. The standard InChI is InChI=1S/C18H20N2OS2/c1-10-7-5-6-8-14(10)9-22-13(4)16-19-17(21)15-11(2)12(3)23-18(15)20-16/h5-8,13H,9H2,1-4H3,(H,19,20,21)/t13-/m0/s1. The molecule has 0 radical (unpaired) electrons. The van der Waals surface area contributed by atoms with E-state index in [9.17, 15) is 4.79 Å². The number of aryl methyl sites for hydroxylation is 3. The number of aromatic nitrogens is 2. The van der Waals surface area contributed by atoms with E-state index in [1.54, 1.807) is 23.1 Å². The maximum Gasteiger partial charge on any atom is 0.259 e. The Bertz CT molecular complexity index is 911. The van der Waals surface area contributed by atoms with Crippen LogP contribution in [0, 0.1) is 20.8 Å². The minimum atomic E-state index is -0.0183. The van der Waals surface area contributed by atoms with Crippen LogP contribution in [0.5, 0.6) is 0 Å². The molecule has 5 heteroatoms.